The van der Waals surface area contributed by atoms with Crippen LogP contribution in [0.1, 0.15) is 23.2 Å². The Balaban J connectivity index is 1.29. The third-order valence-corrected chi connectivity index (χ3v) is 6.08. The minimum atomic E-state index is -0.0595. The van der Waals surface area contributed by atoms with E-state index in [0.717, 1.165) is 45.5 Å². The topological polar surface area (TPSA) is 138 Å². The van der Waals surface area contributed by atoms with Gasteiger partial charge in [-0.2, -0.15) is 0 Å². The molecule has 7 N–H and O–H groups in total. The van der Waals surface area contributed by atoms with E-state index in [1.54, 1.807) is 6.07 Å². The highest BCUT2D eigenvalue weighted by Crippen LogP contribution is 2.29. The lowest BCUT2D eigenvalue weighted by molar-refractivity contribution is -0.104. The summed E-state index contributed by atoms with van der Waals surface area (Å²) in [5.74, 6) is 0.684. The molecular weight excluding hydrogens is 440 g/mol. The van der Waals surface area contributed by atoms with Crippen LogP contribution in [0.15, 0.2) is 67.0 Å². The van der Waals surface area contributed by atoms with Crippen LogP contribution in [0.4, 0.5) is 22.0 Å². The van der Waals surface area contributed by atoms with Gasteiger partial charge in [0.25, 0.3) is 0 Å². The van der Waals surface area contributed by atoms with Gasteiger partial charge in [-0.15, -0.1) is 0 Å². The zero-order valence-corrected chi connectivity index (χ0v) is 19.2. The Hall–Kier alpha value is -4.66. The minimum Gasteiger partial charge on any atom is -0.398 e. The fourth-order valence-electron chi connectivity index (χ4n) is 4.13. The molecule has 0 saturated carbocycles. The number of rotatable bonds is 6. The number of H-pyrrole nitrogens is 1. The van der Waals surface area contributed by atoms with Gasteiger partial charge in [-0.1, -0.05) is 36.4 Å². The Labute approximate surface area is 202 Å². The summed E-state index contributed by atoms with van der Waals surface area (Å²) < 4.78 is 0. The summed E-state index contributed by atoms with van der Waals surface area (Å²) in [6.07, 6.45) is 5.83. The van der Waals surface area contributed by atoms with E-state index < -0.39 is 0 Å². The molecule has 0 saturated heterocycles. The van der Waals surface area contributed by atoms with E-state index in [1.807, 2.05) is 53.4 Å². The number of hydrogen-bond acceptors (Lipinski definition) is 5. The standard InChI is InChI=1S/C26H26N8O/c27-14-19-12-20(6-7-22(19)28)32-24-21-13-23(33-25(21)31-16-30-24)18-8-10-34(11-9-18)26(35)29-15-17-4-2-1-3-5-17/h1-8,12-14,16,27H,9-11,15,28H2,(H,29,35)(H2,30,31,32,33)/p+1. The normalized spacial score (nSPS) is 13.4. The summed E-state index contributed by atoms with van der Waals surface area (Å²) in [5, 5.41) is 12.9. The molecule has 0 bridgehead atoms. The number of hydrogen-bond donors (Lipinski definition) is 5. The smallest absolute Gasteiger partial charge is 0.317 e. The van der Waals surface area contributed by atoms with Crippen LogP contribution in [0.3, 0.4) is 0 Å². The molecule has 35 heavy (non-hydrogen) atoms. The molecule has 9 heteroatoms. The van der Waals surface area contributed by atoms with Gasteiger partial charge in [0.1, 0.15) is 17.8 Å². The average molecular weight is 468 g/mol. The van der Waals surface area contributed by atoms with Gasteiger partial charge in [0.15, 0.2) is 6.21 Å². The van der Waals surface area contributed by atoms with Crippen molar-refractivity contribution in [3.63, 3.8) is 0 Å². The molecule has 9 nitrogen and oxygen atoms in total. The maximum atomic E-state index is 12.6. The second-order valence-electron chi connectivity index (χ2n) is 8.37. The Bertz CT molecular complexity index is 1410. The first-order chi connectivity index (χ1) is 17.1. The summed E-state index contributed by atoms with van der Waals surface area (Å²) in [6.45, 7) is 1.70. The second kappa shape index (κ2) is 9.68. The highest BCUT2D eigenvalue weighted by molar-refractivity contribution is 5.93. The lowest BCUT2D eigenvalue weighted by Gasteiger charge is -2.26. The zero-order valence-electron chi connectivity index (χ0n) is 19.2. The Morgan fingerprint density at radius 2 is 2.03 bits per heavy atom. The number of carbonyl (C=O) groups excluding carboxylic acids is 1. The first kappa shape index (κ1) is 22.1. The van der Waals surface area contributed by atoms with Gasteiger partial charge in [0, 0.05) is 36.7 Å². The van der Waals surface area contributed by atoms with Crippen LogP contribution in [0.25, 0.3) is 16.6 Å². The highest BCUT2D eigenvalue weighted by Gasteiger charge is 2.19. The van der Waals surface area contributed by atoms with Gasteiger partial charge in [0.05, 0.1) is 10.9 Å². The van der Waals surface area contributed by atoms with Gasteiger partial charge in [-0.05, 0) is 41.8 Å². The van der Waals surface area contributed by atoms with E-state index in [0.29, 0.717) is 31.1 Å². The number of benzene rings is 2. The number of nitrogens with two attached hydrogens (primary N) is 2. The summed E-state index contributed by atoms with van der Waals surface area (Å²) in [7, 11) is 0. The van der Waals surface area contributed by atoms with E-state index in [4.69, 9.17) is 11.1 Å². The highest BCUT2D eigenvalue weighted by atomic mass is 16.2. The SMILES string of the molecule is Nc1ccc(Nc2ncnc3[nH]c(C4=CCN(C(=O)NCc5ccccc5)CC4)cc23)cc1C=[NH2+]. The number of nitrogens with zero attached hydrogens (tertiary/aromatic N) is 3. The molecule has 0 atom stereocenters. The fourth-order valence-corrected chi connectivity index (χ4v) is 4.13. The predicted molar refractivity (Wildman–Crippen MR) is 138 cm³/mol. The third kappa shape index (κ3) is 4.84. The van der Waals surface area contributed by atoms with Crippen LogP contribution >= 0.6 is 0 Å². The van der Waals surface area contributed by atoms with Crippen molar-refractivity contribution in [3.8, 4) is 0 Å². The molecule has 0 unspecified atom stereocenters. The molecular formula is C26H27N8O+. The van der Waals surface area contributed by atoms with Crippen molar-refractivity contribution >= 4 is 46.0 Å². The summed E-state index contributed by atoms with van der Waals surface area (Å²) in [4.78, 5) is 26.6. The fraction of sp³-hybridized carbons (Fsp3) is 0.154. The molecule has 5 rings (SSSR count). The zero-order chi connectivity index (χ0) is 24.2. The molecule has 2 aromatic heterocycles. The van der Waals surface area contributed by atoms with Gasteiger partial charge in [-0.25, -0.2) is 14.8 Å². The Morgan fingerprint density at radius 3 is 2.80 bits per heavy atom. The maximum absolute atomic E-state index is 12.6. The largest absolute Gasteiger partial charge is 0.398 e. The number of fused-ring (bicyclic) bond motifs is 1. The van der Waals surface area contributed by atoms with E-state index in [-0.39, 0.29) is 6.03 Å². The molecule has 0 fully saturated rings. The minimum absolute atomic E-state index is 0.0595. The average Bonchev–Trinajstić information content (AvgIpc) is 3.34. The Morgan fingerprint density at radius 1 is 1.17 bits per heavy atom. The van der Waals surface area contributed by atoms with Crippen LogP contribution in [0.2, 0.25) is 0 Å². The number of anilines is 3. The lowest BCUT2D eigenvalue weighted by atomic mass is 10.1. The van der Waals surface area contributed by atoms with Crippen LogP contribution in [-0.2, 0) is 6.54 Å². The predicted octanol–water partition coefficient (Wildman–Crippen LogP) is 2.46. The van der Waals surface area contributed by atoms with Crippen LogP contribution in [-0.4, -0.2) is 45.2 Å². The molecule has 2 amide bonds. The van der Waals surface area contributed by atoms with E-state index in [1.165, 1.54) is 12.5 Å². The van der Waals surface area contributed by atoms with Crippen molar-refractivity contribution < 1.29 is 10.2 Å². The van der Waals surface area contributed by atoms with Crippen LogP contribution in [0, 0.1) is 0 Å². The van der Waals surface area contributed by atoms with Gasteiger partial charge in [-0.3, -0.25) is 5.41 Å². The van der Waals surface area contributed by atoms with Gasteiger partial charge in [0.2, 0.25) is 0 Å². The molecule has 2 aromatic carbocycles. The number of nitrogen functional groups attached to an aromatic ring is 1. The van der Waals surface area contributed by atoms with Crippen molar-refractivity contribution in [2.45, 2.75) is 13.0 Å². The first-order valence-corrected chi connectivity index (χ1v) is 11.4. The molecule has 1 aliphatic heterocycles. The molecule has 4 aromatic rings. The maximum Gasteiger partial charge on any atom is 0.317 e. The van der Waals surface area contributed by atoms with Crippen molar-refractivity contribution in [2.75, 3.05) is 24.1 Å². The summed E-state index contributed by atoms with van der Waals surface area (Å²) in [5.41, 5.74) is 12.1. The lowest BCUT2D eigenvalue weighted by Crippen LogP contribution is -2.41. The molecule has 0 radical (unpaired) electrons. The molecule has 3 heterocycles. The number of nitrogens with one attached hydrogen (secondary N) is 3. The third-order valence-electron chi connectivity index (χ3n) is 6.08. The number of urea groups is 1. The van der Waals surface area contributed by atoms with E-state index >= 15 is 0 Å². The van der Waals surface area contributed by atoms with Crippen molar-refractivity contribution in [3.05, 3.63) is 83.8 Å². The van der Waals surface area contributed by atoms with E-state index in [2.05, 4.69) is 31.7 Å². The molecule has 0 aliphatic carbocycles. The number of aromatic amines is 1. The van der Waals surface area contributed by atoms with Crippen molar-refractivity contribution in [1.29, 1.82) is 0 Å². The van der Waals surface area contributed by atoms with Crippen LogP contribution < -0.4 is 21.8 Å². The van der Waals surface area contributed by atoms with Gasteiger partial charge < -0.3 is 26.3 Å². The first-order valence-electron chi connectivity index (χ1n) is 11.4. The van der Waals surface area contributed by atoms with Gasteiger partial charge >= 0.3 is 6.03 Å². The van der Waals surface area contributed by atoms with Crippen molar-refractivity contribution in [2.24, 2.45) is 0 Å². The summed E-state index contributed by atoms with van der Waals surface area (Å²) in [6, 6.07) is 17.4. The van der Waals surface area contributed by atoms with Crippen LogP contribution in [0.5, 0.6) is 0 Å². The number of aromatic nitrogens is 3. The molecule has 176 valence electrons. The quantitative estimate of drug-likeness (QED) is 0.219. The van der Waals surface area contributed by atoms with Crippen molar-refractivity contribution in [1.82, 2.24) is 25.2 Å². The molecule has 0 spiro atoms. The Kier molecular flexibility index (Phi) is 6.13. The second-order valence-corrected chi connectivity index (χ2v) is 8.37. The van der Waals surface area contributed by atoms with E-state index in [9.17, 15) is 4.79 Å². The monoisotopic (exact) mass is 467 g/mol. The number of carbonyl (C=O) groups is 1. The summed E-state index contributed by atoms with van der Waals surface area (Å²) >= 11 is 0. The number of amides is 2. The molecule has 1 aliphatic rings.